The van der Waals surface area contributed by atoms with Gasteiger partial charge >= 0.3 is 5.97 Å². The third-order valence-electron chi connectivity index (χ3n) is 4.43. The number of hydrogen-bond acceptors (Lipinski definition) is 2. The number of aryl methyl sites for hydroxylation is 1. The van der Waals surface area contributed by atoms with Crippen molar-refractivity contribution in [2.24, 2.45) is 0 Å². The first-order valence-electron chi connectivity index (χ1n) is 9.40. The van der Waals surface area contributed by atoms with Gasteiger partial charge in [0.2, 0.25) is 6.41 Å². The predicted octanol–water partition coefficient (Wildman–Crippen LogP) is 4.62. The SMILES string of the molecule is C/C=C(\C=C/CC)CC(CCCNC=O)c1cccc(CCC(=O)O)c1. The molecule has 1 aromatic carbocycles. The average Bonchev–Trinajstić information content (AvgIpc) is 2.65. The van der Waals surface area contributed by atoms with Crippen molar-refractivity contribution in [3.8, 4) is 0 Å². The maximum Gasteiger partial charge on any atom is 0.303 e. The number of carboxylic acid groups (broad SMARTS) is 1. The molecule has 0 saturated heterocycles. The molecule has 0 aliphatic heterocycles. The van der Waals surface area contributed by atoms with Gasteiger partial charge in [-0.2, -0.15) is 0 Å². The lowest BCUT2D eigenvalue weighted by molar-refractivity contribution is -0.137. The van der Waals surface area contributed by atoms with Gasteiger partial charge in [0, 0.05) is 13.0 Å². The summed E-state index contributed by atoms with van der Waals surface area (Å²) in [5.41, 5.74) is 3.60. The molecule has 0 heterocycles. The second-order valence-corrected chi connectivity index (χ2v) is 6.43. The van der Waals surface area contributed by atoms with Crippen LogP contribution in [0.2, 0.25) is 0 Å². The summed E-state index contributed by atoms with van der Waals surface area (Å²) in [6.07, 6.45) is 11.8. The van der Waals surface area contributed by atoms with Crippen LogP contribution in [0.25, 0.3) is 0 Å². The summed E-state index contributed by atoms with van der Waals surface area (Å²) in [5, 5.41) is 11.6. The first-order valence-corrected chi connectivity index (χ1v) is 9.40. The molecule has 1 rings (SSSR count). The molecule has 0 bridgehead atoms. The zero-order chi connectivity index (χ0) is 19.2. The van der Waals surface area contributed by atoms with Crippen molar-refractivity contribution >= 4 is 12.4 Å². The highest BCUT2D eigenvalue weighted by Gasteiger charge is 2.13. The van der Waals surface area contributed by atoms with Crippen LogP contribution in [-0.4, -0.2) is 24.0 Å². The van der Waals surface area contributed by atoms with Crippen molar-refractivity contribution < 1.29 is 14.7 Å². The zero-order valence-electron chi connectivity index (χ0n) is 15.9. The minimum Gasteiger partial charge on any atom is -0.481 e. The Labute approximate surface area is 157 Å². The van der Waals surface area contributed by atoms with Gasteiger partial charge in [-0.15, -0.1) is 0 Å². The van der Waals surface area contributed by atoms with Crippen LogP contribution in [0.5, 0.6) is 0 Å². The lowest BCUT2D eigenvalue weighted by Gasteiger charge is -2.19. The molecule has 0 aliphatic rings. The molecule has 1 amide bonds. The minimum absolute atomic E-state index is 0.150. The predicted molar refractivity (Wildman–Crippen MR) is 106 cm³/mol. The summed E-state index contributed by atoms with van der Waals surface area (Å²) >= 11 is 0. The second-order valence-electron chi connectivity index (χ2n) is 6.43. The highest BCUT2D eigenvalue weighted by molar-refractivity contribution is 5.67. The molecular weight excluding hydrogens is 326 g/mol. The molecule has 0 aliphatic carbocycles. The molecule has 1 unspecified atom stereocenters. The second kappa shape index (κ2) is 12.9. The Bertz CT molecular complexity index is 620. The van der Waals surface area contributed by atoms with Gasteiger partial charge in [0.05, 0.1) is 0 Å². The number of nitrogens with one attached hydrogen (secondary N) is 1. The van der Waals surface area contributed by atoms with Gasteiger partial charge in [0.15, 0.2) is 0 Å². The van der Waals surface area contributed by atoms with Gasteiger partial charge in [-0.05, 0) is 56.1 Å². The lowest BCUT2D eigenvalue weighted by atomic mass is 9.86. The van der Waals surface area contributed by atoms with E-state index in [-0.39, 0.29) is 6.42 Å². The quantitative estimate of drug-likeness (QED) is 0.308. The number of benzene rings is 1. The standard InChI is InChI=1S/C22H31NO3/c1-3-5-8-18(4-2)15-21(11-7-14-23-17-24)20-10-6-9-19(16-20)12-13-22(25)26/h4-6,8-10,16-17,21H,3,7,11-15H2,1-2H3,(H,23,24)(H,25,26)/b8-5-,18-4+. The van der Waals surface area contributed by atoms with Crippen molar-refractivity contribution in [3.05, 3.63) is 59.2 Å². The summed E-state index contributed by atoms with van der Waals surface area (Å²) in [5.74, 6) is -0.422. The van der Waals surface area contributed by atoms with E-state index in [2.05, 4.69) is 49.5 Å². The van der Waals surface area contributed by atoms with Crippen molar-refractivity contribution in [2.45, 2.75) is 58.3 Å². The van der Waals surface area contributed by atoms with Crippen LogP contribution in [-0.2, 0) is 16.0 Å². The lowest BCUT2D eigenvalue weighted by Crippen LogP contribution is -2.13. The van der Waals surface area contributed by atoms with Crippen LogP contribution in [0, 0.1) is 0 Å². The summed E-state index contributed by atoms with van der Waals surface area (Å²) in [6.45, 7) is 4.86. The van der Waals surface area contributed by atoms with Crippen LogP contribution in [0.4, 0.5) is 0 Å². The van der Waals surface area contributed by atoms with E-state index >= 15 is 0 Å². The summed E-state index contributed by atoms with van der Waals surface area (Å²) in [6, 6.07) is 8.27. The van der Waals surface area contributed by atoms with E-state index < -0.39 is 5.97 Å². The third-order valence-corrected chi connectivity index (χ3v) is 4.43. The fraction of sp³-hybridized carbons (Fsp3) is 0.455. The van der Waals surface area contributed by atoms with E-state index in [1.807, 2.05) is 12.1 Å². The summed E-state index contributed by atoms with van der Waals surface area (Å²) in [7, 11) is 0. The first-order chi connectivity index (χ1) is 12.6. The molecule has 4 heteroatoms. The molecule has 0 radical (unpaired) electrons. The Hall–Kier alpha value is -2.36. The first kappa shape index (κ1) is 21.7. The van der Waals surface area contributed by atoms with Gasteiger partial charge in [-0.3, -0.25) is 9.59 Å². The third kappa shape index (κ3) is 8.65. The van der Waals surface area contributed by atoms with E-state index in [0.29, 0.717) is 18.9 Å². The molecule has 0 saturated carbocycles. The fourth-order valence-electron chi connectivity index (χ4n) is 2.99. The van der Waals surface area contributed by atoms with Gasteiger partial charge in [-0.25, -0.2) is 0 Å². The molecule has 142 valence electrons. The summed E-state index contributed by atoms with van der Waals surface area (Å²) in [4.78, 5) is 21.3. The monoisotopic (exact) mass is 357 g/mol. The van der Waals surface area contributed by atoms with Crippen molar-refractivity contribution in [1.82, 2.24) is 5.32 Å². The van der Waals surface area contributed by atoms with E-state index in [1.54, 1.807) is 0 Å². The van der Waals surface area contributed by atoms with Crippen LogP contribution in [0.1, 0.15) is 63.0 Å². The maximum atomic E-state index is 10.8. The van der Waals surface area contributed by atoms with Crippen molar-refractivity contribution in [1.29, 1.82) is 0 Å². The van der Waals surface area contributed by atoms with Crippen molar-refractivity contribution in [2.75, 3.05) is 6.54 Å². The number of amides is 1. The van der Waals surface area contributed by atoms with Gasteiger partial charge in [0.1, 0.15) is 0 Å². The van der Waals surface area contributed by atoms with E-state index in [0.717, 1.165) is 37.7 Å². The Kier molecular flexibility index (Phi) is 10.8. The number of rotatable bonds is 13. The molecule has 2 N–H and O–H groups in total. The van der Waals surface area contributed by atoms with Crippen LogP contribution in [0.3, 0.4) is 0 Å². The van der Waals surface area contributed by atoms with Gasteiger partial charge in [0.25, 0.3) is 0 Å². The molecule has 0 spiro atoms. The summed E-state index contributed by atoms with van der Waals surface area (Å²) < 4.78 is 0. The smallest absolute Gasteiger partial charge is 0.303 e. The molecule has 26 heavy (non-hydrogen) atoms. The molecule has 1 aromatic rings. The molecule has 0 aromatic heterocycles. The van der Waals surface area contributed by atoms with E-state index in [4.69, 9.17) is 5.11 Å². The Morgan fingerprint density at radius 3 is 2.81 bits per heavy atom. The van der Waals surface area contributed by atoms with Crippen molar-refractivity contribution in [3.63, 3.8) is 0 Å². The van der Waals surface area contributed by atoms with E-state index in [9.17, 15) is 9.59 Å². The molecule has 4 nitrogen and oxygen atoms in total. The minimum atomic E-state index is -0.771. The number of carbonyl (C=O) groups is 2. The van der Waals surface area contributed by atoms with E-state index in [1.165, 1.54) is 11.1 Å². The maximum absolute atomic E-state index is 10.8. The zero-order valence-corrected chi connectivity index (χ0v) is 15.9. The highest BCUT2D eigenvalue weighted by Crippen LogP contribution is 2.29. The van der Waals surface area contributed by atoms with Crippen LogP contribution < -0.4 is 5.32 Å². The topological polar surface area (TPSA) is 66.4 Å². The molecule has 0 fully saturated rings. The average molecular weight is 357 g/mol. The van der Waals surface area contributed by atoms with Gasteiger partial charge < -0.3 is 10.4 Å². The number of allylic oxidation sites excluding steroid dienone is 4. The molecular formula is C22H31NO3. The number of aliphatic carboxylic acids is 1. The largest absolute Gasteiger partial charge is 0.481 e. The Morgan fingerprint density at radius 2 is 2.15 bits per heavy atom. The Balaban J connectivity index is 2.91. The highest BCUT2D eigenvalue weighted by atomic mass is 16.4. The fourth-order valence-corrected chi connectivity index (χ4v) is 2.99. The van der Waals surface area contributed by atoms with Gasteiger partial charge in [-0.1, -0.05) is 55.0 Å². The number of carboxylic acids is 1. The number of carbonyl (C=O) groups excluding carboxylic acids is 1. The molecule has 1 atom stereocenters. The van der Waals surface area contributed by atoms with Crippen LogP contribution >= 0.6 is 0 Å². The normalized spacial score (nSPS) is 12.9. The number of hydrogen-bond donors (Lipinski definition) is 2. The van der Waals surface area contributed by atoms with Crippen LogP contribution in [0.15, 0.2) is 48.1 Å². The Morgan fingerprint density at radius 1 is 1.35 bits per heavy atom.